The van der Waals surface area contributed by atoms with Crippen molar-refractivity contribution in [3.63, 3.8) is 0 Å². The van der Waals surface area contributed by atoms with E-state index in [1.165, 1.54) is 26.9 Å². The molecule has 0 N–H and O–H groups in total. The molecular formula is C20H15O2-. The van der Waals surface area contributed by atoms with E-state index in [0.717, 1.165) is 10.9 Å². The fraction of sp³-hybridized carbons (Fsp3) is 0.150. The summed E-state index contributed by atoms with van der Waals surface area (Å²) in [5, 5.41) is 18.2. The predicted molar refractivity (Wildman–Crippen MR) is 88.2 cm³/mol. The van der Waals surface area contributed by atoms with Crippen LogP contribution in [0.25, 0.3) is 32.3 Å². The first-order chi connectivity index (χ1) is 10.6. The average molecular weight is 287 g/mol. The van der Waals surface area contributed by atoms with Gasteiger partial charge in [-0.05, 0) is 50.2 Å². The molecule has 22 heavy (non-hydrogen) atoms. The highest BCUT2D eigenvalue weighted by Gasteiger charge is 2.14. The van der Waals surface area contributed by atoms with Crippen molar-refractivity contribution in [1.29, 1.82) is 0 Å². The maximum Gasteiger partial charge on any atom is 0.0420 e. The van der Waals surface area contributed by atoms with Gasteiger partial charge in [-0.1, -0.05) is 61.5 Å². The van der Waals surface area contributed by atoms with Gasteiger partial charge in [-0.3, -0.25) is 0 Å². The van der Waals surface area contributed by atoms with Gasteiger partial charge in [0.15, 0.2) is 0 Å². The van der Waals surface area contributed by atoms with Crippen molar-refractivity contribution in [3.05, 3.63) is 60.2 Å². The summed E-state index contributed by atoms with van der Waals surface area (Å²) >= 11 is 0. The summed E-state index contributed by atoms with van der Waals surface area (Å²) in [6, 6.07) is 19.0. The van der Waals surface area contributed by atoms with Gasteiger partial charge in [0.1, 0.15) is 0 Å². The van der Waals surface area contributed by atoms with Crippen molar-refractivity contribution in [1.82, 2.24) is 0 Å². The second-order valence-corrected chi connectivity index (χ2v) is 5.99. The molecule has 0 aliphatic heterocycles. The number of benzene rings is 4. The fourth-order valence-electron chi connectivity index (χ4n) is 3.55. The van der Waals surface area contributed by atoms with Gasteiger partial charge < -0.3 is 9.90 Å². The molecule has 108 valence electrons. The lowest BCUT2D eigenvalue weighted by atomic mass is 9.87. The first-order valence-electron chi connectivity index (χ1n) is 7.51. The number of carbonyl (C=O) groups excluding carboxylic acids is 1. The molecule has 2 heteroatoms. The van der Waals surface area contributed by atoms with Crippen LogP contribution in [-0.2, 0) is 4.79 Å². The number of carboxylic acids is 1. The van der Waals surface area contributed by atoms with Crippen LogP contribution >= 0.6 is 0 Å². The molecule has 0 heterocycles. The monoisotopic (exact) mass is 287 g/mol. The molecule has 0 spiro atoms. The smallest absolute Gasteiger partial charge is 0.0420 e. The zero-order valence-electron chi connectivity index (χ0n) is 12.3. The van der Waals surface area contributed by atoms with Gasteiger partial charge in [-0.2, -0.15) is 0 Å². The minimum atomic E-state index is -1.00. The number of hydrogen-bond donors (Lipinski definition) is 0. The van der Waals surface area contributed by atoms with Crippen molar-refractivity contribution in [3.8, 4) is 0 Å². The van der Waals surface area contributed by atoms with Crippen molar-refractivity contribution in [2.75, 3.05) is 0 Å². The highest BCUT2D eigenvalue weighted by molar-refractivity contribution is 6.23. The highest BCUT2D eigenvalue weighted by atomic mass is 16.4. The van der Waals surface area contributed by atoms with Crippen LogP contribution in [0.3, 0.4) is 0 Å². The average Bonchev–Trinajstić information content (AvgIpc) is 2.51. The van der Waals surface area contributed by atoms with Gasteiger partial charge in [0.2, 0.25) is 0 Å². The second kappa shape index (κ2) is 4.70. The van der Waals surface area contributed by atoms with E-state index >= 15 is 0 Å². The number of carboxylic acid groups (broad SMARTS) is 1. The molecule has 0 radical (unpaired) electrons. The molecule has 4 aromatic rings. The summed E-state index contributed by atoms with van der Waals surface area (Å²) in [6.07, 6.45) is 0.0456. The van der Waals surface area contributed by atoms with Crippen LogP contribution in [0, 0.1) is 0 Å². The number of aliphatic carboxylic acids is 1. The maximum atomic E-state index is 10.9. The molecule has 1 atom stereocenters. The molecule has 4 rings (SSSR count). The topological polar surface area (TPSA) is 40.1 Å². The summed E-state index contributed by atoms with van der Waals surface area (Å²) in [7, 11) is 0. The Bertz CT molecular complexity index is 985. The van der Waals surface area contributed by atoms with Gasteiger partial charge in [0, 0.05) is 5.97 Å². The van der Waals surface area contributed by atoms with E-state index in [1.54, 1.807) is 0 Å². The minimum absolute atomic E-state index is 0.0456. The van der Waals surface area contributed by atoms with Crippen molar-refractivity contribution >= 4 is 38.3 Å². The molecule has 0 fully saturated rings. The predicted octanol–water partition coefficient (Wildman–Crippen LogP) is 3.83. The van der Waals surface area contributed by atoms with Crippen molar-refractivity contribution in [2.24, 2.45) is 0 Å². The van der Waals surface area contributed by atoms with Gasteiger partial charge in [-0.25, -0.2) is 0 Å². The third-order valence-corrected chi connectivity index (χ3v) is 4.57. The summed E-state index contributed by atoms with van der Waals surface area (Å²) < 4.78 is 0. The molecule has 0 saturated carbocycles. The Morgan fingerprint density at radius 2 is 1.50 bits per heavy atom. The standard InChI is InChI=1S/C20H16O2/c1-12(11-18(21)22)16-9-7-15-6-5-13-3-2-4-14-8-10-17(16)20(15)19(13)14/h2-10,12H,11H2,1H3,(H,21,22)/p-1/t12-/m0/s1. The first kappa shape index (κ1) is 13.1. The van der Waals surface area contributed by atoms with Crippen LogP contribution in [0.1, 0.15) is 24.8 Å². The van der Waals surface area contributed by atoms with Gasteiger partial charge in [0.25, 0.3) is 0 Å². The van der Waals surface area contributed by atoms with Crippen LogP contribution in [0.15, 0.2) is 54.6 Å². The Labute approximate surface area is 128 Å². The maximum absolute atomic E-state index is 10.9. The number of hydrogen-bond acceptors (Lipinski definition) is 2. The van der Waals surface area contributed by atoms with E-state index < -0.39 is 5.97 Å². The molecule has 0 amide bonds. The Morgan fingerprint density at radius 1 is 0.909 bits per heavy atom. The third kappa shape index (κ3) is 1.84. The van der Waals surface area contributed by atoms with Crippen LogP contribution < -0.4 is 5.11 Å². The van der Waals surface area contributed by atoms with E-state index in [9.17, 15) is 9.90 Å². The molecule has 2 nitrogen and oxygen atoms in total. The van der Waals surface area contributed by atoms with Gasteiger partial charge >= 0.3 is 0 Å². The lowest BCUT2D eigenvalue weighted by Crippen LogP contribution is -2.23. The molecule has 0 aromatic heterocycles. The summed E-state index contributed by atoms with van der Waals surface area (Å²) in [5.74, 6) is -1.06. The molecule has 0 aliphatic rings. The third-order valence-electron chi connectivity index (χ3n) is 4.57. The summed E-state index contributed by atoms with van der Waals surface area (Å²) in [4.78, 5) is 10.9. The van der Waals surface area contributed by atoms with Crippen LogP contribution in [0.4, 0.5) is 0 Å². The van der Waals surface area contributed by atoms with Crippen LogP contribution in [0.5, 0.6) is 0 Å². The highest BCUT2D eigenvalue weighted by Crippen LogP contribution is 2.38. The van der Waals surface area contributed by atoms with Crippen molar-refractivity contribution in [2.45, 2.75) is 19.3 Å². The van der Waals surface area contributed by atoms with E-state index in [1.807, 2.05) is 6.92 Å². The van der Waals surface area contributed by atoms with Crippen LogP contribution in [0.2, 0.25) is 0 Å². The minimum Gasteiger partial charge on any atom is -0.550 e. The molecular weight excluding hydrogens is 272 g/mol. The zero-order chi connectivity index (χ0) is 15.3. The van der Waals surface area contributed by atoms with Crippen molar-refractivity contribution < 1.29 is 9.90 Å². The summed E-state index contributed by atoms with van der Waals surface area (Å²) in [5.41, 5.74) is 1.08. The Balaban J connectivity index is 2.10. The normalized spacial score (nSPS) is 13.1. The SMILES string of the molecule is C[C@@H](CC(=O)[O-])c1ccc2ccc3cccc4ccc1c2c34. The molecule has 0 unspecified atom stereocenters. The van der Waals surface area contributed by atoms with E-state index in [0.29, 0.717) is 0 Å². The fourth-order valence-corrected chi connectivity index (χ4v) is 3.55. The second-order valence-electron chi connectivity index (χ2n) is 5.99. The molecule has 0 bridgehead atoms. The largest absolute Gasteiger partial charge is 0.550 e. The van der Waals surface area contributed by atoms with E-state index in [2.05, 4.69) is 54.6 Å². The number of carbonyl (C=O) groups is 1. The van der Waals surface area contributed by atoms with Crippen LogP contribution in [-0.4, -0.2) is 5.97 Å². The Morgan fingerprint density at radius 3 is 2.18 bits per heavy atom. The van der Waals surface area contributed by atoms with Gasteiger partial charge in [0.05, 0.1) is 0 Å². The quantitative estimate of drug-likeness (QED) is 0.537. The summed E-state index contributed by atoms with van der Waals surface area (Å²) in [6.45, 7) is 1.95. The molecule has 0 aliphatic carbocycles. The number of rotatable bonds is 3. The lowest BCUT2D eigenvalue weighted by Gasteiger charge is -2.18. The lowest BCUT2D eigenvalue weighted by molar-refractivity contribution is -0.306. The molecule has 4 aromatic carbocycles. The Kier molecular flexibility index (Phi) is 2.80. The van der Waals surface area contributed by atoms with E-state index in [4.69, 9.17) is 0 Å². The Hall–Kier alpha value is -2.61. The zero-order valence-corrected chi connectivity index (χ0v) is 12.3. The molecule has 0 saturated heterocycles. The van der Waals surface area contributed by atoms with Gasteiger partial charge in [-0.15, -0.1) is 0 Å². The first-order valence-corrected chi connectivity index (χ1v) is 7.51. The van der Waals surface area contributed by atoms with E-state index in [-0.39, 0.29) is 12.3 Å².